The van der Waals surface area contributed by atoms with Crippen LogP contribution in [-0.4, -0.2) is 19.1 Å². The van der Waals surface area contributed by atoms with E-state index in [1.807, 2.05) is 0 Å². The van der Waals surface area contributed by atoms with Crippen LogP contribution >= 0.6 is 0 Å². The van der Waals surface area contributed by atoms with Gasteiger partial charge in [0.1, 0.15) is 11.6 Å². The van der Waals surface area contributed by atoms with E-state index in [-0.39, 0.29) is 17.5 Å². The number of hydrogen-bond acceptors (Lipinski definition) is 2. The second-order valence-corrected chi connectivity index (χ2v) is 4.95. The van der Waals surface area contributed by atoms with Gasteiger partial charge in [-0.1, -0.05) is 24.3 Å². The van der Waals surface area contributed by atoms with Gasteiger partial charge in [-0.15, -0.1) is 0 Å². The molecule has 2 aromatic carbocycles. The average Bonchev–Trinajstić information content (AvgIpc) is 2.55. The van der Waals surface area contributed by atoms with Gasteiger partial charge in [0.05, 0.1) is 0 Å². The predicted octanol–water partition coefficient (Wildman–Crippen LogP) is 3.80. The third-order valence-electron chi connectivity index (χ3n) is 3.16. The van der Waals surface area contributed by atoms with E-state index in [0.717, 1.165) is 11.1 Å². The zero-order chi connectivity index (χ0) is 17.4. The van der Waals surface area contributed by atoms with Crippen LogP contribution in [0.5, 0.6) is 5.75 Å². The molecule has 0 aliphatic carbocycles. The lowest BCUT2D eigenvalue weighted by Crippen LogP contribution is -2.23. The molecule has 0 bridgehead atoms. The van der Waals surface area contributed by atoms with Gasteiger partial charge in [-0.05, 0) is 47.9 Å². The average molecular weight is 335 g/mol. The highest BCUT2D eigenvalue weighted by Gasteiger charge is 2.03. The number of halogens is 3. The molecule has 1 amide bonds. The maximum Gasteiger partial charge on any atom is 0.387 e. The zero-order valence-electron chi connectivity index (χ0n) is 12.7. The van der Waals surface area contributed by atoms with Crippen LogP contribution in [0.15, 0.2) is 54.6 Å². The first-order valence-electron chi connectivity index (χ1n) is 7.28. The van der Waals surface area contributed by atoms with Crippen molar-refractivity contribution in [2.24, 2.45) is 0 Å². The highest BCUT2D eigenvalue weighted by molar-refractivity contribution is 5.91. The first kappa shape index (κ1) is 17.6. The van der Waals surface area contributed by atoms with Gasteiger partial charge < -0.3 is 10.1 Å². The van der Waals surface area contributed by atoms with Gasteiger partial charge in [0.15, 0.2) is 0 Å². The number of rotatable bonds is 7. The first-order chi connectivity index (χ1) is 11.5. The Morgan fingerprint density at radius 3 is 2.38 bits per heavy atom. The van der Waals surface area contributed by atoms with Gasteiger partial charge >= 0.3 is 6.61 Å². The molecule has 0 saturated heterocycles. The summed E-state index contributed by atoms with van der Waals surface area (Å²) in [5.41, 5.74) is 1.61. The fourth-order valence-corrected chi connectivity index (χ4v) is 1.97. The molecule has 0 aliphatic heterocycles. The molecule has 6 heteroatoms. The molecule has 0 atom stereocenters. The molecule has 3 nitrogen and oxygen atoms in total. The molecule has 1 N–H and O–H groups in total. The summed E-state index contributed by atoms with van der Waals surface area (Å²) >= 11 is 0. The molecular weight excluding hydrogens is 319 g/mol. The number of carbonyl (C=O) groups excluding carboxylic acids is 1. The normalized spacial score (nSPS) is 11.0. The minimum atomic E-state index is -2.84. The maximum absolute atomic E-state index is 12.8. The lowest BCUT2D eigenvalue weighted by atomic mass is 10.1. The fraction of sp³-hybridized carbons (Fsp3) is 0.167. The van der Waals surface area contributed by atoms with Crippen LogP contribution in [0.25, 0.3) is 6.08 Å². The molecule has 0 spiro atoms. The number of nitrogens with one attached hydrogen (secondary N) is 1. The molecule has 0 unspecified atom stereocenters. The van der Waals surface area contributed by atoms with Crippen LogP contribution in [0.3, 0.4) is 0 Å². The molecule has 2 rings (SSSR count). The highest BCUT2D eigenvalue weighted by atomic mass is 19.3. The number of benzene rings is 2. The van der Waals surface area contributed by atoms with Gasteiger partial charge in [0.2, 0.25) is 5.91 Å². The number of amides is 1. The summed E-state index contributed by atoms with van der Waals surface area (Å²) in [5, 5.41) is 2.71. The number of ether oxygens (including phenoxy) is 1. The van der Waals surface area contributed by atoms with Gasteiger partial charge in [0, 0.05) is 12.6 Å². The minimum absolute atomic E-state index is 0.0972. The summed E-state index contributed by atoms with van der Waals surface area (Å²) in [6, 6.07) is 12.0. The third-order valence-corrected chi connectivity index (χ3v) is 3.16. The van der Waals surface area contributed by atoms with Crippen LogP contribution in [0.1, 0.15) is 11.1 Å². The van der Waals surface area contributed by atoms with Gasteiger partial charge in [-0.2, -0.15) is 8.78 Å². The summed E-state index contributed by atoms with van der Waals surface area (Å²) in [6.07, 6.45) is 3.52. The molecule has 0 fully saturated rings. The monoisotopic (exact) mass is 335 g/mol. The Kier molecular flexibility index (Phi) is 6.42. The summed E-state index contributed by atoms with van der Waals surface area (Å²) in [6.45, 7) is -2.44. The van der Waals surface area contributed by atoms with Crippen molar-refractivity contribution in [3.05, 3.63) is 71.6 Å². The quantitative estimate of drug-likeness (QED) is 0.782. The molecule has 0 aliphatic rings. The number of carbonyl (C=O) groups is 1. The Morgan fingerprint density at radius 2 is 1.75 bits per heavy atom. The van der Waals surface area contributed by atoms with Gasteiger partial charge in [0.25, 0.3) is 0 Å². The molecule has 0 radical (unpaired) electrons. The van der Waals surface area contributed by atoms with Crippen molar-refractivity contribution in [2.75, 3.05) is 6.54 Å². The Labute approximate surface area is 137 Å². The standard InChI is InChI=1S/C18H16F3NO2/c19-15-6-1-13(2-7-15)5-10-17(23)22-12-11-14-3-8-16(9-4-14)24-18(20)21/h1-10,18H,11-12H2,(H,22,23)/b10-5+. The van der Waals surface area contributed by atoms with Crippen LogP contribution in [0, 0.1) is 5.82 Å². The first-order valence-corrected chi connectivity index (χ1v) is 7.28. The minimum Gasteiger partial charge on any atom is -0.435 e. The van der Waals surface area contributed by atoms with Crippen molar-refractivity contribution in [3.8, 4) is 5.75 Å². The van der Waals surface area contributed by atoms with E-state index in [1.54, 1.807) is 30.3 Å². The van der Waals surface area contributed by atoms with Crippen molar-refractivity contribution in [2.45, 2.75) is 13.0 Å². The second kappa shape index (κ2) is 8.76. The van der Waals surface area contributed by atoms with E-state index >= 15 is 0 Å². The van der Waals surface area contributed by atoms with Crippen molar-refractivity contribution >= 4 is 12.0 Å². The summed E-state index contributed by atoms with van der Waals surface area (Å²) < 4.78 is 41.1. The Bertz CT molecular complexity index is 682. The summed E-state index contributed by atoms with van der Waals surface area (Å²) in [7, 11) is 0. The van der Waals surface area contributed by atoms with E-state index in [1.165, 1.54) is 30.3 Å². The van der Waals surface area contributed by atoms with E-state index in [0.29, 0.717) is 13.0 Å². The van der Waals surface area contributed by atoms with Crippen LogP contribution < -0.4 is 10.1 Å². The second-order valence-electron chi connectivity index (χ2n) is 4.95. The van der Waals surface area contributed by atoms with E-state index < -0.39 is 6.61 Å². The Morgan fingerprint density at radius 1 is 1.08 bits per heavy atom. The summed E-state index contributed by atoms with van der Waals surface area (Å²) in [4.78, 5) is 11.7. The van der Waals surface area contributed by atoms with Crippen molar-refractivity contribution in [1.29, 1.82) is 0 Å². The smallest absolute Gasteiger partial charge is 0.387 e. The third kappa shape index (κ3) is 6.16. The van der Waals surface area contributed by atoms with Gasteiger partial charge in [-0.3, -0.25) is 4.79 Å². The van der Waals surface area contributed by atoms with Crippen molar-refractivity contribution < 1.29 is 22.7 Å². The maximum atomic E-state index is 12.8. The lowest BCUT2D eigenvalue weighted by molar-refractivity contribution is -0.116. The van der Waals surface area contributed by atoms with E-state index in [4.69, 9.17) is 0 Å². The largest absolute Gasteiger partial charge is 0.435 e. The van der Waals surface area contributed by atoms with Crippen molar-refractivity contribution in [3.63, 3.8) is 0 Å². The Hall–Kier alpha value is -2.76. The predicted molar refractivity (Wildman–Crippen MR) is 85.2 cm³/mol. The molecule has 126 valence electrons. The van der Waals surface area contributed by atoms with Crippen LogP contribution in [0.2, 0.25) is 0 Å². The molecular formula is C18H16F3NO2. The zero-order valence-corrected chi connectivity index (χ0v) is 12.7. The lowest BCUT2D eigenvalue weighted by Gasteiger charge is -2.06. The number of hydrogen-bond donors (Lipinski definition) is 1. The number of alkyl halides is 2. The molecule has 2 aromatic rings. The van der Waals surface area contributed by atoms with Crippen molar-refractivity contribution in [1.82, 2.24) is 5.32 Å². The molecule has 0 saturated carbocycles. The van der Waals surface area contributed by atoms with E-state index in [2.05, 4.69) is 10.1 Å². The van der Waals surface area contributed by atoms with E-state index in [9.17, 15) is 18.0 Å². The Balaban J connectivity index is 1.75. The molecule has 0 heterocycles. The van der Waals surface area contributed by atoms with Gasteiger partial charge in [-0.25, -0.2) is 4.39 Å². The van der Waals surface area contributed by atoms with Crippen LogP contribution in [0.4, 0.5) is 13.2 Å². The van der Waals surface area contributed by atoms with Crippen LogP contribution in [-0.2, 0) is 11.2 Å². The fourth-order valence-electron chi connectivity index (χ4n) is 1.97. The highest BCUT2D eigenvalue weighted by Crippen LogP contribution is 2.15. The topological polar surface area (TPSA) is 38.3 Å². The summed E-state index contributed by atoms with van der Waals surface area (Å²) in [5.74, 6) is -0.501. The SMILES string of the molecule is O=C(/C=C/c1ccc(F)cc1)NCCc1ccc(OC(F)F)cc1. The molecule has 24 heavy (non-hydrogen) atoms. The molecule has 0 aromatic heterocycles.